The second-order valence-electron chi connectivity index (χ2n) is 11.0. The number of benzene rings is 3. The van der Waals surface area contributed by atoms with E-state index in [9.17, 15) is 18.0 Å². The van der Waals surface area contributed by atoms with Gasteiger partial charge in [-0.3, -0.25) is 14.6 Å². The summed E-state index contributed by atoms with van der Waals surface area (Å²) >= 11 is 0. The molecule has 2 aliphatic rings. The van der Waals surface area contributed by atoms with E-state index >= 15 is 0 Å². The van der Waals surface area contributed by atoms with Gasteiger partial charge in [-0.2, -0.15) is 17.9 Å². The fraction of sp³-hybridized carbons (Fsp3) is 0.355. The van der Waals surface area contributed by atoms with Crippen LogP contribution in [-0.4, -0.2) is 93.2 Å². The molecule has 9 nitrogen and oxygen atoms in total. The van der Waals surface area contributed by atoms with Crippen LogP contribution < -0.4 is 4.74 Å². The van der Waals surface area contributed by atoms with Crippen molar-refractivity contribution in [1.82, 2.24) is 34.9 Å². The summed E-state index contributed by atoms with van der Waals surface area (Å²) in [4.78, 5) is 18.4. The molecule has 43 heavy (non-hydrogen) atoms. The second kappa shape index (κ2) is 12.1. The zero-order valence-electron chi connectivity index (χ0n) is 23.6. The lowest BCUT2D eigenvalue weighted by Crippen LogP contribution is -2.66. The van der Waals surface area contributed by atoms with E-state index in [4.69, 9.17) is 4.74 Å². The van der Waals surface area contributed by atoms with Crippen LogP contribution in [-0.2, 0) is 17.5 Å². The molecule has 0 aliphatic carbocycles. The summed E-state index contributed by atoms with van der Waals surface area (Å²) in [5.74, 6) is -0.563. The van der Waals surface area contributed by atoms with Gasteiger partial charge in [-0.1, -0.05) is 60.7 Å². The minimum absolute atomic E-state index is 0.0688. The van der Waals surface area contributed by atoms with Gasteiger partial charge in [0.2, 0.25) is 6.41 Å². The van der Waals surface area contributed by atoms with Gasteiger partial charge < -0.3 is 9.64 Å². The van der Waals surface area contributed by atoms with Crippen LogP contribution in [0.2, 0.25) is 0 Å². The van der Waals surface area contributed by atoms with Crippen molar-refractivity contribution in [2.75, 3.05) is 39.8 Å². The number of aromatic nitrogens is 4. The molecule has 2 aliphatic heterocycles. The van der Waals surface area contributed by atoms with Gasteiger partial charge in [-0.25, -0.2) is 0 Å². The molecule has 6 rings (SSSR count). The number of rotatable bonds is 8. The average molecular weight is 592 g/mol. The number of amides is 1. The van der Waals surface area contributed by atoms with Crippen molar-refractivity contribution >= 4 is 6.41 Å². The van der Waals surface area contributed by atoms with Gasteiger partial charge in [0.1, 0.15) is 5.75 Å². The van der Waals surface area contributed by atoms with Crippen LogP contribution in [0.25, 0.3) is 5.69 Å². The van der Waals surface area contributed by atoms with Crippen LogP contribution in [0.3, 0.4) is 0 Å². The molecular weight excluding hydrogens is 559 g/mol. The number of carbonyl (C=O) groups is 1. The Kier molecular flexibility index (Phi) is 8.13. The van der Waals surface area contributed by atoms with Crippen LogP contribution in [0, 0.1) is 0 Å². The standard InChI is InChI=1S/C31H32F3N7O2/c1-43-28-13-12-25(41-30(31(32,33)34)35-36-37-41)16-24(28)17-39-19-26-18-38(21-42)14-15-40(26)27(20-39)29(22-8-4-2-5-9-22)23-10-6-3-7-11-23/h2-13,16,21,26-27,29H,14-15,17-20H2,1H3/t26-,27-/m0/s1. The van der Waals surface area contributed by atoms with Gasteiger partial charge in [0.25, 0.3) is 5.82 Å². The van der Waals surface area contributed by atoms with E-state index in [-0.39, 0.29) is 23.7 Å². The lowest BCUT2D eigenvalue weighted by molar-refractivity contribution is -0.146. The Morgan fingerprint density at radius 3 is 2.28 bits per heavy atom. The molecule has 0 spiro atoms. The van der Waals surface area contributed by atoms with Gasteiger partial charge >= 0.3 is 6.18 Å². The van der Waals surface area contributed by atoms with Crippen molar-refractivity contribution in [3.8, 4) is 11.4 Å². The summed E-state index contributed by atoms with van der Waals surface area (Å²) in [5, 5.41) is 10.1. The fourth-order valence-electron chi connectivity index (χ4n) is 6.51. The molecule has 3 aromatic carbocycles. The predicted octanol–water partition coefficient (Wildman–Crippen LogP) is 3.85. The summed E-state index contributed by atoms with van der Waals surface area (Å²) < 4.78 is 47.1. The van der Waals surface area contributed by atoms with Gasteiger partial charge in [0.05, 0.1) is 12.8 Å². The first-order valence-corrected chi connectivity index (χ1v) is 14.2. The zero-order chi connectivity index (χ0) is 30.0. The average Bonchev–Trinajstić information content (AvgIpc) is 3.53. The first kappa shape index (κ1) is 28.8. The number of nitrogens with zero attached hydrogens (tertiary/aromatic N) is 7. The van der Waals surface area contributed by atoms with Crippen molar-refractivity contribution in [3.05, 3.63) is 101 Å². The van der Waals surface area contributed by atoms with Crippen LogP contribution in [0.1, 0.15) is 28.4 Å². The minimum Gasteiger partial charge on any atom is -0.496 e. The minimum atomic E-state index is -4.71. The van der Waals surface area contributed by atoms with Crippen molar-refractivity contribution in [2.45, 2.75) is 30.7 Å². The summed E-state index contributed by atoms with van der Waals surface area (Å²) in [6.45, 7) is 3.84. The van der Waals surface area contributed by atoms with E-state index in [1.807, 2.05) is 17.0 Å². The summed E-state index contributed by atoms with van der Waals surface area (Å²) in [6, 6.07) is 25.8. The maximum atomic E-state index is 13.6. The summed E-state index contributed by atoms with van der Waals surface area (Å²) in [5.41, 5.74) is 3.32. The quantitative estimate of drug-likeness (QED) is 0.288. The SMILES string of the molecule is COc1ccc(-n2nnnc2C(F)(F)F)cc1CN1C[C@@H]2CN(C=O)CCN2[C@H](C(c2ccccc2)c2ccccc2)C1. The molecule has 2 atom stereocenters. The highest BCUT2D eigenvalue weighted by molar-refractivity contribution is 5.48. The van der Waals surface area contributed by atoms with Crippen LogP contribution in [0.15, 0.2) is 78.9 Å². The monoisotopic (exact) mass is 591 g/mol. The molecule has 0 saturated carbocycles. The first-order chi connectivity index (χ1) is 20.9. The number of fused-ring (bicyclic) bond motifs is 1. The molecule has 2 saturated heterocycles. The topological polar surface area (TPSA) is 79.6 Å². The highest BCUT2D eigenvalue weighted by Gasteiger charge is 2.42. The first-order valence-electron chi connectivity index (χ1n) is 14.2. The Bertz CT molecular complexity index is 1490. The Hall–Kier alpha value is -4.29. The highest BCUT2D eigenvalue weighted by Crippen LogP contribution is 2.37. The number of ether oxygens (including phenoxy) is 1. The lowest BCUT2D eigenvalue weighted by atomic mass is 9.81. The normalized spacial score (nSPS) is 19.8. The maximum absolute atomic E-state index is 13.6. The zero-order valence-corrected chi connectivity index (χ0v) is 23.6. The molecule has 4 aromatic rings. The number of hydrogen-bond acceptors (Lipinski definition) is 7. The molecule has 0 bridgehead atoms. The number of methoxy groups -OCH3 is 1. The van der Waals surface area contributed by atoms with Crippen LogP contribution >= 0.6 is 0 Å². The molecular formula is C31H32F3N7O2. The molecule has 3 heterocycles. The van der Waals surface area contributed by atoms with E-state index in [1.165, 1.54) is 17.2 Å². The smallest absolute Gasteiger partial charge is 0.453 e. The Balaban J connectivity index is 1.37. The number of halogens is 3. The molecule has 0 N–H and O–H groups in total. The van der Waals surface area contributed by atoms with E-state index in [0.29, 0.717) is 43.2 Å². The van der Waals surface area contributed by atoms with E-state index in [0.717, 1.165) is 18.5 Å². The lowest BCUT2D eigenvalue weighted by Gasteiger charge is -2.53. The van der Waals surface area contributed by atoms with Crippen molar-refractivity contribution in [3.63, 3.8) is 0 Å². The molecule has 1 aromatic heterocycles. The molecule has 224 valence electrons. The molecule has 0 unspecified atom stereocenters. The number of hydrogen-bond donors (Lipinski definition) is 0. The Morgan fingerprint density at radius 2 is 1.65 bits per heavy atom. The van der Waals surface area contributed by atoms with Gasteiger partial charge in [-0.15, -0.1) is 5.10 Å². The predicted molar refractivity (Wildman–Crippen MR) is 153 cm³/mol. The van der Waals surface area contributed by atoms with Crippen molar-refractivity contribution < 1.29 is 22.7 Å². The number of carbonyl (C=O) groups excluding carboxylic acids is 1. The largest absolute Gasteiger partial charge is 0.496 e. The third kappa shape index (κ3) is 5.98. The van der Waals surface area contributed by atoms with E-state index in [2.05, 4.69) is 73.9 Å². The molecule has 12 heteroatoms. The molecule has 1 amide bonds. The highest BCUT2D eigenvalue weighted by atomic mass is 19.4. The molecule has 2 fully saturated rings. The summed E-state index contributed by atoms with van der Waals surface area (Å²) in [7, 11) is 1.54. The van der Waals surface area contributed by atoms with Crippen molar-refractivity contribution in [1.29, 1.82) is 0 Å². The third-order valence-corrected chi connectivity index (χ3v) is 8.38. The van der Waals surface area contributed by atoms with Gasteiger partial charge in [-0.05, 0) is 39.8 Å². The van der Waals surface area contributed by atoms with Crippen molar-refractivity contribution in [2.24, 2.45) is 0 Å². The third-order valence-electron chi connectivity index (χ3n) is 8.38. The fourth-order valence-corrected chi connectivity index (χ4v) is 6.51. The Labute approximate surface area is 247 Å². The maximum Gasteiger partial charge on any atom is 0.453 e. The van der Waals surface area contributed by atoms with Crippen LogP contribution in [0.5, 0.6) is 5.75 Å². The Morgan fingerprint density at radius 1 is 0.953 bits per heavy atom. The van der Waals surface area contributed by atoms with E-state index in [1.54, 1.807) is 19.2 Å². The number of alkyl halides is 3. The van der Waals surface area contributed by atoms with Gasteiger partial charge in [0.15, 0.2) is 0 Å². The van der Waals surface area contributed by atoms with Gasteiger partial charge in [0, 0.05) is 62.8 Å². The van der Waals surface area contributed by atoms with E-state index < -0.39 is 12.0 Å². The molecule has 0 radical (unpaired) electrons. The van der Waals surface area contributed by atoms with Crippen LogP contribution in [0.4, 0.5) is 13.2 Å². The second-order valence-corrected chi connectivity index (χ2v) is 11.0. The number of piperazine rings is 2. The number of tetrazole rings is 1. The summed E-state index contributed by atoms with van der Waals surface area (Å²) in [6.07, 6.45) is -3.80.